The number of nitrogens with zero attached hydrogens (tertiary/aromatic N) is 1. The molecular weight excluding hydrogens is 504 g/mol. The van der Waals surface area contributed by atoms with E-state index < -0.39 is 11.5 Å². The summed E-state index contributed by atoms with van der Waals surface area (Å²) in [4.78, 5) is 35.8. The van der Waals surface area contributed by atoms with Crippen LogP contribution in [0.3, 0.4) is 0 Å². The number of nitrogens with one attached hydrogen (secondary N) is 3. The van der Waals surface area contributed by atoms with Crippen LogP contribution >= 0.6 is 27.5 Å². The van der Waals surface area contributed by atoms with Crippen molar-refractivity contribution in [2.24, 2.45) is 0 Å². The maximum absolute atomic E-state index is 12.7. The van der Waals surface area contributed by atoms with Crippen LogP contribution in [0.4, 0.5) is 5.69 Å². The highest BCUT2D eigenvalue weighted by molar-refractivity contribution is 9.10. The first kappa shape index (κ1) is 21.2. The van der Waals surface area contributed by atoms with E-state index in [2.05, 4.69) is 36.2 Å². The molecular formula is C25H16BrClN4O2. The van der Waals surface area contributed by atoms with Crippen LogP contribution in [-0.4, -0.2) is 20.9 Å². The largest absolute Gasteiger partial charge is 0.338 e. The van der Waals surface area contributed by atoms with Crippen molar-refractivity contribution < 1.29 is 4.79 Å². The molecule has 6 nitrogen and oxygen atoms in total. The Morgan fingerprint density at radius 2 is 1.73 bits per heavy atom. The summed E-state index contributed by atoms with van der Waals surface area (Å²) in [6, 6.07) is 23.4. The number of hydrogen-bond donors (Lipinski definition) is 3. The van der Waals surface area contributed by atoms with Gasteiger partial charge < -0.3 is 15.3 Å². The fourth-order valence-corrected chi connectivity index (χ4v) is 4.06. The summed E-state index contributed by atoms with van der Waals surface area (Å²) in [5, 5.41) is 3.33. The van der Waals surface area contributed by atoms with Gasteiger partial charge in [-0.05, 0) is 72.3 Å². The van der Waals surface area contributed by atoms with Gasteiger partial charge in [0.15, 0.2) is 0 Å². The highest BCUT2D eigenvalue weighted by Gasteiger charge is 2.13. The molecule has 33 heavy (non-hydrogen) atoms. The first-order chi connectivity index (χ1) is 16.0. The molecule has 0 bridgehead atoms. The highest BCUT2D eigenvalue weighted by atomic mass is 79.9. The van der Waals surface area contributed by atoms with Crippen molar-refractivity contribution in [2.45, 2.75) is 0 Å². The second-order valence-electron chi connectivity index (χ2n) is 7.40. The molecule has 162 valence electrons. The van der Waals surface area contributed by atoms with Crippen molar-refractivity contribution in [1.29, 1.82) is 0 Å². The number of halogens is 2. The molecule has 0 atom stereocenters. The predicted octanol–water partition coefficient (Wildman–Crippen LogP) is 6.25. The molecule has 0 aliphatic carbocycles. The van der Waals surface area contributed by atoms with E-state index in [1.807, 2.05) is 36.4 Å². The maximum atomic E-state index is 12.7. The van der Waals surface area contributed by atoms with Crippen LogP contribution < -0.4 is 10.9 Å². The molecule has 3 N–H and O–H groups in total. The van der Waals surface area contributed by atoms with Gasteiger partial charge >= 0.3 is 0 Å². The first-order valence-electron chi connectivity index (χ1n) is 10.0. The van der Waals surface area contributed by atoms with Crippen LogP contribution in [-0.2, 0) is 0 Å². The quantitative estimate of drug-likeness (QED) is 0.262. The fourth-order valence-electron chi connectivity index (χ4n) is 3.51. The second-order valence-corrected chi connectivity index (χ2v) is 8.76. The Labute approximate surface area is 201 Å². The lowest BCUT2D eigenvalue weighted by molar-refractivity contribution is 0.102. The van der Waals surface area contributed by atoms with Gasteiger partial charge in [0.1, 0.15) is 11.4 Å². The molecule has 3 aromatic carbocycles. The van der Waals surface area contributed by atoms with Crippen LogP contribution in [0.2, 0.25) is 5.02 Å². The van der Waals surface area contributed by atoms with E-state index in [4.69, 9.17) is 11.6 Å². The topological polar surface area (TPSA) is 90.6 Å². The molecule has 0 unspecified atom stereocenters. The normalized spacial score (nSPS) is 11.0. The summed E-state index contributed by atoms with van der Waals surface area (Å²) in [6.45, 7) is 0. The number of carbonyl (C=O) groups is 1. The van der Waals surface area contributed by atoms with Gasteiger partial charge in [-0.2, -0.15) is 0 Å². The number of H-pyrrole nitrogens is 2. The SMILES string of the molecule is O=C(Nc1ccc(-c2nc3ccc(Br)cc3[nH]2)cc1)c1ccc(-c2cccc(Cl)c2)[nH]c1=O. The van der Waals surface area contributed by atoms with Crippen molar-refractivity contribution >= 4 is 50.2 Å². The van der Waals surface area contributed by atoms with E-state index in [-0.39, 0.29) is 5.56 Å². The number of pyridine rings is 1. The van der Waals surface area contributed by atoms with E-state index >= 15 is 0 Å². The Kier molecular flexibility index (Phi) is 5.58. The van der Waals surface area contributed by atoms with E-state index in [9.17, 15) is 9.59 Å². The Morgan fingerprint density at radius 3 is 2.48 bits per heavy atom. The summed E-state index contributed by atoms with van der Waals surface area (Å²) in [6.07, 6.45) is 0. The number of imidazole rings is 1. The molecule has 0 spiro atoms. The third-order valence-corrected chi connectivity index (χ3v) is 5.88. The lowest BCUT2D eigenvalue weighted by Crippen LogP contribution is -2.23. The highest BCUT2D eigenvalue weighted by Crippen LogP contribution is 2.24. The van der Waals surface area contributed by atoms with E-state index in [0.717, 1.165) is 32.5 Å². The number of carbonyl (C=O) groups excluding carboxylic acids is 1. The molecule has 8 heteroatoms. The van der Waals surface area contributed by atoms with Crippen LogP contribution in [0.5, 0.6) is 0 Å². The number of hydrogen-bond acceptors (Lipinski definition) is 3. The lowest BCUT2D eigenvalue weighted by atomic mass is 10.1. The zero-order chi connectivity index (χ0) is 22.9. The van der Waals surface area contributed by atoms with E-state index in [1.165, 1.54) is 6.07 Å². The van der Waals surface area contributed by atoms with Gasteiger partial charge in [0.25, 0.3) is 11.5 Å². The minimum atomic E-state index is -0.491. The minimum Gasteiger partial charge on any atom is -0.338 e. The molecule has 1 amide bonds. The zero-order valence-electron chi connectivity index (χ0n) is 17.0. The zero-order valence-corrected chi connectivity index (χ0v) is 19.4. The van der Waals surface area contributed by atoms with Crippen molar-refractivity contribution in [3.63, 3.8) is 0 Å². The molecule has 0 fully saturated rings. The lowest BCUT2D eigenvalue weighted by Gasteiger charge is -2.07. The molecule has 2 heterocycles. The van der Waals surface area contributed by atoms with Crippen LogP contribution in [0.25, 0.3) is 33.7 Å². The third-order valence-electron chi connectivity index (χ3n) is 5.15. The Morgan fingerprint density at radius 1 is 0.909 bits per heavy atom. The standard InChI is InChI=1S/C25H16BrClN4O2/c26-16-6-10-21-22(13-16)30-23(29-21)14-4-7-18(8-5-14)28-24(32)19-9-11-20(31-25(19)33)15-2-1-3-17(27)12-15/h1-13H,(H,28,32)(H,29,30)(H,31,33). The number of amides is 1. The van der Waals surface area contributed by atoms with Gasteiger partial charge in [0.05, 0.1) is 11.0 Å². The summed E-state index contributed by atoms with van der Waals surface area (Å²) in [5.41, 5.74) is 4.14. The molecule has 0 radical (unpaired) electrons. The minimum absolute atomic E-state index is 0.0210. The number of fused-ring (bicyclic) bond motifs is 1. The number of anilines is 1. The van der Waals surface area contributed by atoms with Gasteiger partial charge in [0.2, 0.25) is 0 Å². The summed E-state index contributed by atoms with van der Waals surface area (Å²) < 4.78 is 0.971. The molecule has 5 rings (SSSR count). The van der Waals surface area contributed by atoms with Crippen molar-refractivity contribution in [2.75, 3.05) is 5.32 Å². The van der Waals surface area contributed by atoms with Crippen molar-refractivity contribution in [1.82, 2.24) is 15.0 Å². The molecule has 0 saturated heterocycles. The summed E-state index contributed by atoms with van der Waals surface area (Å²) >= 11 is 9.47. The number of aromatic nitrogens is 3. The molecule has 0 saturated carbocycles. The van der Waals surface area contributed by atoms with Gasteiger partial charge in [-0.25, -0.2) is 4.98 Å². The van der Waals surface area contributed by atoms with Gasteiger partial charge in [-0.15, -0.1) is 0 Å². The summed E-state index contributed by atoms with van der Waals surface area (Å²) in [7, 11) is 0. The van der Waals surface area contributed by atoms with Crippen LogP contribution in [0, 0.1) is 0 Å². The van der Waals surface area contributed by atoms with Gasteiger partial charge in [-0.3, -0.25) is 9.59 Å². The summed E-state index contributed by atoms with van der Waals surface area (Å²) in [5.74, 6) is 0.240. The number of rotatable bonds is 4. The monoisotopic (exact) mass is 518 g/mol. The molecule has 2 aromatic heterocycles. The third kappa shape index (κ3) is 4.46. The average molecular weight is 520 g/mol. The fraction of sp³-hybridized carbons (Fsp3) is 0. The second kappa shape index (κ2) is 8.69. The van der Waals surface area contributed by atoms with E-state index in [0.29, 0.717) is 16.4 Å². The van der Waals surface area contributed by atoms with Crippen molar-refractivity contribution in [3.8, 4) is 22.6 Å². The molecule has 0 aliphatic rings. The van der Waals surface area contributed by atoms with Gasteiger partial charge in [-0.1, -0.05) is 39.7 Å². The molecule has 5 aromatic rings. The number of aromatic amines is 2. The smallest absolute Gasteiger partial charge is 0.261 e. The van der Waals surface area contributed by atoms with Crippen molar-refractivity contribution in [3.05, 3.63) is 104 Å². The Balaban J connectivity index is 1.34. The first-order valence-corrected chi connectivity index (χ1v) is 11.2. The Hall–Kier alpha value is -3.68. The Bertz CT molecular complexity index is 1560. The van der Waals surface area contributed by atoms with E-state index in [1.54, 1.807) is 36.4 Å². The van der Waals surface area contributed by atoms with Crippen LogP contribution in [0.1, 0.15) is 10.4 Å². The maximum Gasteiger partial charge on any atom is 0.261 e. The van der Waals surface area contributed by atoms with Crippen LogP contribution in [0.15, 0.2) is 88.1 Å². The van der Waals surface area contributed by atoms with Gasteiger partial charge in [0, 0.05) is 26.4 Å². The average Bonchev–Trinajstić information content (AvgIpc) is 3.22. The molecule has 0 aliphatic heterocycles. The number of benzene rings is 3. The predicted molar refractivity (Wildman–Crippen MR) is 135 cm³/mol.